The minimum absolute atomic E-state index is 0.309. The largest absolute Gasteiger partial charge is 0.480 e. The molecule has 5 nitrogen and oxygen atoms in total. The number of aryl methyl sites for hydroxylation is 1. The smallest absolute Gasteiger partial charge is 0.326 e. The predicted molar refractivity (Wildman–Crippen MR) is 86.4 cm³/mol. The summed E-state index contributed by atoms with van der Waals surface area (Å²) in [6.07, 6.45) is 0. The maximum Gasteiger partial charge on any atom is 0.326 e. The van der Waals surface area contributed by atoms with Crippen molar-refractivity contribution in [2.75, 3.05) is 0 Å². The molecule has 3 aromatic rings. The summed E-state index contributed by atoms with van der Waals surface area (Å²) in [6.45, 7) is 3.14. The molecule has 0 radical (unpaired) electrons. The molecule has 0 aliphatic carbocycles. The molecule has 0 unspecified atom stereocenters. The van der Waals surface area contributed by atoms with Crippen LogP contribution >= 0.6 is 11.3 Å². The minimum Gasteiger partial charge on any atom is -0.480 e. The average molecular weight is 314 g/mol. The summed E-state index contributed by atoms with van der Waals surface area (Å²) >= 11 is 1.44. The van der Waals surface area contributed by atoms with E-state index in [2.05, 4.69) is 4.98 Å². The van der Waals surface area contributed by atoms with Gasteiger partial charge in [-0.3, -0.25) is 9.36 Å². The van der Waals surface area contributed by atoms with Gasteiger partial charge in [-0.05, 0) is 25.5 Å². The van der Waals surface area contributed by atoms with E-state index in [9.17, 15) is 9.59 Å². The summed E-state index contributed by atoms with van der Waals surface area (Å²) in [4.78, 5) is 29.8. The zero-order chi connectivity index (χ0) is 15.9. The lowest BCUT2D eigenvalue weighted by Gasteiger charge is -2.13. The quantitative estimate of drug-likeness (QED) is 0.806. The van der Waals surface area contributed by atoms with Crippen LogP contribution in [0.5, 0.6) is 0 Å². The van der Waals surface area contributed by atoms with Gasteiger partial charge >= 0.3 is 5.97 Å². The summed E-state index contributed by atoms with van der Waals surface area (Å²) in [5.41, 5.74) is 0.705. The van der Waals surface area contributed by atoms with Gasteiger partial charge in [0, 0.05) is 4.88 Å². The van der Waals surface area contributed by atoms with Gasteiger partial charge in [-0.1, -0.05) is 30.3 Å². The summed E-state index contributed by atoms with van der Waals surface area (Å²) in [5, 5.41) is 9.62. The molecule has 112 valence electrons. The number of carbonyl (C=O) groups is 1. The fourth-order valence-corrected chi connectivity index (χ4v) is 3.48. The zero-order valence-corrected chi connectivity index (χ0v) is 12.9. The number of thiophene rings is 1. The molecule has 0 fully saturated rings. The third-order valence-corrected chi connectivity index (χ3v) is 4.65. The second-order valence-electron chi connectivity index (χ2n) is 5.04. The lowest BCUT2D eigenvalue weighted by Crippen LogP contribution is -2.30. The Kier molecular flexibility index (Phi) is 3.54. The Hall–Kier alpha value is -2.47. The molecule has 0 aliphatic rings. The summed E-state index contributed by atoms with van der Waals surface area (Å²) in [5.74, 6) is -0.640. The molecule has 1 N–H and O–H groups in total. The molecule has 0 saturated heterocycles. The van der Waals surface area contributed by atoms with Crippen LogP contribution in [0.3, 0.4) is 0 Å². The van der Waals surface area contributed by atoms with E-state index in [1.165, 1.54) is 22.8 Å². The minimum atomic E-state index is -1.05. The molecule has 0 aliphatic heterocycles. The van der Waals surface area contributed by atoms with Crippen molar-refractivity contribution in [1.29, 1.82) is 0 Å². The summed E-state index contributed by atoms with van der Waals surface area (Å²) in [6, 6.07) is 10.6. The van der Waals surface area contributed by atoms with Crippen molar-refractivity contribution in [1.82, 2.24) is 9.55 Å². The van der Waals surface area contributed by atoms with E-state index < -0.39 is 12.0 Å². The Morgan fingerprint density at radius 3 is 2.64 bits per heavy atom. The van der Waals surface area contributed by atoms with Gasteiger partial charge in [0.15, 0.2) is 0 Å². The van der Waals surface area contributed by atoms with Crippen molar-refractivity contribution in [3.05, 3.63) is 52.6 Å². The number of aliphatic carboxylic acids is 1. The lowest BCUT2D eigenvalue weighted by molar-refractivity contribution is -0.140. The number of fused-ring (bicyclic) bond motifs is 1. The van der Waals surface area contributed by atoms with E-state index in [1.807, 2.05) is 30.3 Å². The Morgan fingerprint density at radius 2 is 2.00 bits per heavy atom. The molecule has 0 spiro atoms. The molecular weight excluding hydrogens is 300 g/mol. The van der Waals surface area contributed by atoms with Crippen molar-refractivity contribution in [2.24, 2.45) is 0 Å². The third-order valence-electron chi connectivity index (χ3n) is 3.58. The van der Waals surface area contributed by atoms with Gasteiger partial charge in [0.1, 0.15) is 16.7 Å². The van der Waals surface area contributed by atoms with E-state index in [4.69, 9.17) is 5.11 Å². The van der Waals surface area contributed by atoms with E-state index in [0.29, 0.717) is 16.0 Å². The van der Waals surface area contributed by atoms with Crippen molar-refractivity contribution in [3.8, 4) is 10.4 Å². The number of hydrogen-bond acceptors (Lipinski definition) is 4. The summed E-state index contributed by atoms with van der Waals surface area (Å²) < 4.78 is 1.23. The van der Waals surface area contributed by atoms with Crippen LogP contribution < -0.4 is 5.56 Å². The number of aromatic nitrogens is 2. The number of carboxylic acid groups (broad SMARTS) is 1. The number of carboxylic acids is 1. The highest BCUT2D eigenvalue weighted by Crippen LogP contribution is 2.31. The first-order chi connectivity index (χ1) is 10.5. The van der Waals surface area contributed by atoms with E-state index in [-0.39, 0.29) is 5.56 Å². The van der Waals surface area contributed by atoms with Gasteiger partial charge in [-0.2, -0.15) is 0 Å². The number of rotatable bonds is 3. The molecule has 0 saturated carbocycles. The normalized spacial score (nSPS) is 12.5. The second-order valence-corrected chi connectivity index (χ2v) is 6.07. The lowest BCUT2D eigenvalue weighted by atomic mass is 10.2. The molecule has 0 bridgehead atoms. The number of nitrogens with zero attached hydrogens (tertiary/aromatic N) is 2. The highest BCUT2D eigenvalue weighted by atomic mass is 32.1. The van der Waals surface area contributed by atoms with E-state index in [1.54, 1.807) is 13.0 Å². The Bertz CT molecular complexity index is 912. The molecule has 6 heteroatoms. The molecule has 1 aromatic carbocycles. The van der Waals surface area contributed by atoms with E-state index in [0.717, 1.165) is 10.4 Å². The van der Waals surface area contributed by atoms with Crippen molar-refractivity contribution in [2.45, 2.75) is 19.9 Å². The van der Waals surface area contributed by atoms with Crippen LogP contribution in [0.1, 0.15) is 18.8 Å². The van der Waals surface area contributed by atoms with Crippen molar-refractivity contribution >= 4 is 27.5 Å². The monoisotopic (exact) mass is 314 g/mol. The Morgan fingerprint density at radius 1 is 1.32 bits per heavy atom. The van der Waals surface area contributed by atoms with Crippen LogP contribution in [0, 0.1) is 6.92 Å². The fourth-order valence-electron chi connectivity index (χ4n) is 2.41. The topological polar surface area (TPSA) is 72.2 Å². The van der Waals surface area contributed by atoms with Gasteiger partial charge in [0.05, 0.1) is 5.39 Å². The first-order valence-corrected chi connectivity index (χ1v) is 7.61. The first kappa shape index (κ1) is 14.5. The molecule has 0 amide bonds. The number of benzene rings is 1. The van der Waals surface area contributed by atoms with Gasteiger partial charge in [-0.15, -0.1) is 11.3 Å². The van der Waals surface area contributed by atoms with Crippen LogP contribution in [-0.4, -0.2) is 20.6 Å². The van der Waals surface area contributed by atoms with Crippen LogP contribution in [0.15, 0.2) is 41.2 Å². The van der Waals surface area contributed by atoms with E-state index >= 15 is 0 Å². The molecule has 1 atom stereocenters. The molecule has 22 heavy (non-hydrogen) atoms. The number of hydrogen-bond donors (Lipinski definition) is 1. The van der Waals surface area contributed by atoms with Crippen LogP contribution in [-0.2, 0) is 4.79 Å². The summed E-state index contributed by atoms with van der Waals surface area (Å²) in [7, 11) is 0. The molecule has 2 aromatic heterocycles. The molecular formula is C16H14N2O3S. The molecule has 3 rings (SSSR count). The van der Waals surface area contributed by atoms with Crippen LogP contribution in [0.25, 0.3) is 20.7 Å². The van der Waals surface area contributed by atoms with Gasteiger partial charge in [0.25, 0.3) is 5.56 Å². The maximum absolute atomic E-state index is 12.6. The highest BCUT2D eigenvalue weighted by molar-refractivity contribution is 7.21. The van der Waals surface area contributed by atoms with Gasteiger partial charge in [-0.25, -0.2) is 9.78 Å². The fraction of sp³-hybridized carbons (Fsp3) is 0.188. The van der Waals surface area contributed by atoms with Crippen molar-refractivity contribution < 1.29 is 9.90 Å². The zero-order valence-electron chi connectivity index (χ0n) is 12.1. The predicted octanol–water partition coefficient (Wildman–Crippen LogP) is 3.08. The Labute approximate surface area is 130 Å². The average Bonchev–Trinajstić information content (AvgIpc) is 2.92. The first-order valence-electron chi connectivity index (χ1n) is 6.80. The second kappa shape index (κ2) is 5.38. The van der Waals surface area contributed by atoms with Crippen LogP contribution in [0.4, 0.5) is 0 Å². The Balaban J connectivity index is 2.24. The molecule has 2 heterocycles. The SMILES string of the molecule is Cc1nc2sc(-c3ccccc3)cc2c(=O)n1[C@H](C)C(=O)O. The standard InChI is InChI=1S/C16H14N2O3S/c1-9(16(20)21)18-10(2)17-14-12(15(18)19)8-13(22-14)11-6-4-3-5-7-11/h3-9H,1-2H3,(H,20,21)/t9-/m1/s1. The van der Waals surface area contributed by atoms with Gasteiger partial charge in [0.2, 0.25) is 0 Å². The third kappa shape index (κ3) is 2.31. The van der Waals surface area contributed by atoms with Crippen LogP contribution in [0.2, 0.25) is 0 Å². The maximum atomic E-state index is 12.6. The van der Waals surface area contributed by atoms with Crippen molar-refractivity contribution in [3.63, 3.8) is 0 Å². The highest BCUT2D eigenvalue weighted by Gasteiger charge is 2.20. The van der Waals surface area contributed by atoms with Gasteiger partial charge < -0.3 is 5.11 Å².